The van der Waals surface area contributed by atoms with Crippen molar-refractivity contribution in [3.63, 3.8) is 0 Å². The van der Waals surface area contributed by atoms with E-state index < -0.39 is 0 Å². The lowest BCUT2D eigenvalue weighted by atomic mass is 10.1. The van der Waals surface area contributed by atoms with Crippen LogP contribution < -0.4 is 10.6 Å². The summed E-state index contributed by atoms with van der Waals surface area (Å²) in [5, 5.41) is 0. The first kappa shape index (κ1) is 17.4. The van der Waals surface area contributed by atoms with Crippen LogP contribution in [0.2, 0.25) is 0 Å². The highest BCUT2D eigenvalue weighted by atomic mass is 35.5. The lowest BCUT2D eigenvalue weighted by molar-refractivity contribution is 0.312. The van der Waals surface area contributed by atoms with E-state index in [0.29, 0.717) is 6.54 Å². The highest BCUT2D eigenvalue weighted by molar-refractivity contribution is 5.85. The summed E-state index contributed by atoms with van der Waals surface area (Å²) in [4.78, 5) is 4.57. The van der Waals surface area contributed by atoms with E-state index in [4.69, 9.17) is 5.73 Å². The third kappa shape index (κ3) is 3.99. The average Bonchev–Trinajstić information content (AvgIpc) is 2.30. The molecule has 1 aromatic rings. The van der Waals surface area contributed by atoms with Gasteiger partial charge in [-0.25, -0.2) is 4.39 Å². The molecule has 0 aliphatic carbocycles. The van der Waals surface area contributed by atoms with Crippen LogP contribution in [-0.4, -0.2) is 38.1 Å². The van der Waals surface area contributed by atoms with Crippen molar-refractivity contribution in [2.45, 2.75) is 6.54 Å². The summed E-state index contributed by atoms with van der Waals surface area (Å²) in [5.41, 5.74) is 7.62. The molecule has 6 heteroatoms. The van der Waals surface area contributed by atoms with E-state index in [0.717, 1.165) is 37.4 Å². The molecule has 3 nitrogen and oxygen atoms in total. The monoisotopic (exact) mass is 295 g/mol. The Bertz CT molecular complexity index is 368. The summed E-state index contributed by atoms with van der Waals surface area (Å²) in [6, 6.07) is 4.88. The fourth-order valence-corrected chi connectivity index (χ4v) is 2.07. The molecule has 0 spiro atoms. The second-order valence-electron chi connectivity index (χ2n) is 4.27. The molecule has 0 aromatic heterocycles. The third-order valence-corrected chi connectivity index (χ3v) is 3.11. The molecule has 0 saturated carbocycles. The Morgan fingerprint density at radius 2 is 1.78 bits per heavy atom. The van der Waals surface area contributed by atoms with Gasteiger partial charge in [0.1, 0.15) is 5.82 Å². The number of hydrogen-bond acceptors (Lipinski definition) is 3. The largest absolute Gasteiger partial charge is 0.369 e. The standard InChI is InChI=1S/C12H18FN3.2ClH/c1-15-4-6-16(7-5-15)12-3-2-11(13)8-10(12)9-14;;/h2-3,8H,4-7,9,14H2,1H3;2*1H. The predicted molar refractivity (Wildman–Crippen MR) is 78.5 cm³/mol. The number of nitrogens with zero attached hydrogens (tertiary/aromatic N) is 2. The summed E-state index contributed by atoms with van der Waals surface area (Å²) in [7, 11) is 2.12. The number of anilines is 1. The summed E-state index contributed by atoms with van der Waals surface area (Å²) < 4.78 is 13.1. The zero-order chi connectivity index (χ0) is 11.5. The Morgan fingerprint density at radius 3 is 2.33 bits per heavy atom. The van der Waals surface area contributed by atoms with Gasteiger partial charge in [-0.3, -0.25) is 0 Å². The highest BCUT2D eigenvalue weighted by Crippen LogP contribution is 2.22. The van der Waals surface area contributed by atoms with Crippen LogP contribution in [0.3, 0.4) is 0 Å². The predicted octanol–water partition coefficient (Wildman–Crippen LogP) is 1.88. The maximum absolute atomic E-state index is 13.1. The fraction of sp³-hybridized carbons (Fsp3) is 0.500. The van der Waals surface area contributed by atoms with Crippen LogP contribution in [0.1, 0.15) is 5.56 Å². The molecule has 1 fully saturated rings. The van der Waals surface area contributed by atoms with Gasteiger partial charge in [0.2, 0.25) is 0 Å². The Labute approximate surface area is 120 Å². The molecule has 104 valence electrons. The number of likely N-dealkylation sites (N-methyl/N-ethyl adjacent to an activating group) is 1. The Kier molecular flexibility index (Phi) is 7.55. The second kappa shape index (κ2) is 7.79. The van der Waals surface area contributed by atoms with E-state index in [9.17, 15) is 4.39 Å². The molecule has 2 N–H and O–H groups in total. The van der Waals surface area contributed by atoms with Crippen molar-refractivity contribution >= 4 is 30.5 Å². The minimum atomic E-state index is -0.210. The van der Waals surface area contributed by atoms with Crippen molar-refractivity contribution in [1.29, 1.82) is 0 Å². The van der Waals surface area contributed by atoms with Crippen LogP contribution in [0.4, 0.5) is 10.1 Å². The van der Waals surface area contributed by atoms with Gasteiger partial charge in [0.15, 0.2) is 0 Å². The van der Waals surface area contributed by atoms with Gasteiger partial charge in [-0.2, -0.15) is 0 Å². The van der Waals surface area contributed by atoms with Gasteiger partial charge in [-0.1, -0.05) is 0 Å². The molecule has 1 heterocycles. The summed E-state index contributed by atoms with van der Waals surface area (Å²) >= 11 is 0. The molecule has 2 rings (SSSR count). The van der Waals surface area contributed by atoms with Gasteiger partial charge in [-0.05, 0) is 30.8 Å². The van der Waals surface area contributed by atoms with Gasteiger partial charge < -0.3 is 15.5 Å². The van der Waals surface area contributed by atoms with Crippen LogP contribution in [0, 0.1) is 5.82 Å². The molecule has 0 bridgehead atoms. The number of hydrogen-bond donors (Lipinski definition) is 1. The summed E-state index contributed by atoms with van der Waals surface area (Å²) in [6.07, 6.45) is 0. The molecule has 0 unspecified atom stereocenters. The Morgan fingerprint density at radius 1 is 1.17 bits per heavy atom. The molecule has 1 aliphatic heterocycles. The zero-order valence-corrected chi connectivity index (χ0v) is 12.1. The number of nitrogens with two attached hydrogens (primary N) is 1. The van der Waals surface area contributed by atoms with Gasteiger partial charge in [-0.15, -0.1) is 24.8 Å². The van der Waals surface area contributed by atoms with Crippen molar-refractivity contribution in [3.05, 3.63) is 29.6 Å². The van der Waals surface area contributed by atoms with Crippen LogP contribution in [0.25, 0.3) is 0 Å². The van der Waals surface area contributed by atoms with Crippen molar-refractivity contribution < 1.29 is 4.39 Å². The molecule has 0 atom stereocenters. The maximum Gasteiger partial charge on any atom is 0.123 e. The first-order chi connectivity index (χ1) is 7.70. The van der Waals surface area contributed by atoms with Crippen molar-refractivity contribution in [1.82, 2.24) is 4.90 Å². The minimum Gasteiger partial charge on any atom is -0.369 e. The fourth-order valence-electron chi connectivity index (χ4n) is 2.07. The summed E-state index contributed by atoms with van der Waals surface area (Å²) in [5.74, 6) is -0.210. The quantitative estimate of drug-likeness (QED) is 0.904. The van der Waals surface area contributed by atoms with Crippen molar-refractivity contribution in [2.75, 3.05) is 38.1 Å². The topological polar surface area (TPSA) is 32.5 Å². The van der Waals surface area contributed by atoms with E-state index in [-0.39, 0.29) is 30.6 Å². The van der Waals surface area contributed by atoms with Crippen LogP contribution in [-0.2, 0) is 6.54 Å². The summed E-state index contributed by atoms with van der Waals surface area (Å²) in [6.45, 7) is 4.44. The zero-order valence-electron chi connectivity index (χ0n) is 10.4. The third-order valence-electron chi connectivity index (χ3n) is 3.11. The highest BCUT2D eigenvalue weighted by Gasteiger charge is 2.16. The van der Waals surface area contributed by atoms with Crippen LogP contribution in [0.15, 0.2) is 18.2 Å². The molecule has 0 radical (unpaired) electrons. The molecular weight excluding hydrogens is 276 g/mol. The second-order valence-corrected chi connectivity index (χ2v) is 4.27. The van der Waals surface area contributed by atoms with Gasteiger partial charge in [0.05, 0.1) is 0 Å². The molecular formula is C12H20Cl2FN3. The van der Waals surface area contributed by atoms with E-state index in [2.05, 4.69) is 16.8 Å². The SMILES string of the molecule is CN1CCN(c2ccc(F)cc2CN)CC1.Cl.Cl. The number of benzene rings is 1. The molecule has 0 amide bonds. The van der Waals surface area contributed by atoms with E-state index in [1.54, 1.807) is 0 Å². The van der Waals surface area contributed by atoms with E-state index in [1.165, 1.54) is 12.1 Å². The van der Waals surface area contributed by atoms with E-state index >= 15 is 0 Å². The van der Waals surface area contributed by atoms with Crippen LogP contribution in [0.5, 0.6) is 0 Å². The van der Waals surface area contributed by atoms with Crippen molar-refractivity contribution in [3.8, 4) is 0 Å². The van der Waals surface area contributed by atoms with Gasteiger partial charge >= 0.3 is 0 Å². The normalized spacial score (nSPS) is 15.8. The average molecular weight is 296 g/mol. The first-order valence-electron chi connectivity index (χ1n) is 5.62. The number of halogens is 3. The Balaban J connectivity index is 0.00000144. The molecule has 1 aromatic carbocycles. The van der Waals surface area contributed by atoms with E-state index in [1.807, 2.05) is 6.07 Å². The maximum atomic E-state index is 13.1. The number of rotatable bonds is 2. The minimum absolute atomic E-state index is 0. The number of piperazine rings is 1. The molecule has 1 aliphatic rings. The Hall–Kier alpha value is -0.550. The van der Waals surface area contributed by atoms with Crippen LogP contribution >= 0.6 is 24.8 Å². The first-order valence-corrected chi connectivity index (χ1v) is 5.62. The smallest absolute Gasteiger partial charge is 0.123 e. The lowest BCUT2D eigenvalue weighted by Gasteiger charge is -2.35. The van der Waals surface area contributed by atoms with Gasteiger partial charge in [0, 0.05) is 38.4 Å². The van der Waals surface area contributed by atoms with Crippen molar-refractivity contribution in [2.24, 2.45) is 5.73 Å². The lowest BCUT2D eigenvalue weighted by Crippen LogP contribution is -2.44. The van der Waals surface area contributed by atoms with Gasteiger partial charge in [0.25, 0.3) is 0 Å². The molecule has 1 saturated heterocycles. The molecule has 18 heavy (non-hydrogen) atoms.